The van der Waals surface area contributed by atoms with E-state index in [2.05, 4.69) is 11.1 Å². The van der Waals surface area contributed by atoms with Crippen LogP contribution in [0.15, 0.2) is 18.3 Å². The van der Waals surface area contributed by atoms with E-state index in [1.165, 1.54) is 0 Å². The van der Waals surface area contributed by atoms with Crippen molar-refractivity contribution >= 4 is 11.6 Å². The van der Waals surface area contributed by atoms with Gasteiger partial charge in [-0.05, 0) is 31.4 Å². The lowest BCUT2D eigenvalue weighted by Crippen LogP contribution is -2.33. The molecule has 0 saturated heterocycles. The molecule has 0 aliphatic heterocycles. The number of halogens is 1. The average Bonchev–Trinajstić information content (AvgIpc) is 2.07. The van der Waals surface area contributed by atoms with Crippen molar-refractivity contribution in [2.75, 3.05) is 0 Å². The van der Waals surface area contributed by atoms with Gasteiger partial charge in [0.2, 0.25) is 0 Å². The van der Waals surface area contributed by atoms with Gasteiger partial charge in [-0.15, -0.1) is 0 Å². The van der Waals surface area contributed by atoms with Gasteiger partial charge in [0.1, 0.15) is 0 Å². The molecular weight excluding hydrogens is 184 g/mol. The second kappa shape index (κ2) is 3.01. The van der Waals surface area contributed by atoms with Crippen molar-refractivity contribution in [3.05, 3.63) is 29.0 Å². The molecule has 0 radical (unpaired) electrons. The van der Waals surface area contributed by atoms with Crippen LogP contribution in [0.4, 0.5) is 0 Å². The first-order valence-electron chi connectivity index (χ1n) is 4.30. The zero-order chi connectivity index (χ0) is 9.31. The normalized spacial score (nSPS) is 18.8. The standard InChI is InChI=1S/C10H9ClN2/c11-8-2-3-9(13-6-8)10(7-12)4-1-5-10/h2-3,6H,1,4-5H2. The van der Waals surface area contributed by atoms with Crippen molar-refractivity contribution in [3.8, 4) is 6.07 Å². The summed E-state index contributed by atoms with van der Waals surface area (Å²) >= 11 is 5.72. The van der Waals surface area contributed by atoms with E-state index in [1.54, 1.807) is 12.3 Å². The predicted octanol–water partition coefficient (Wildman–Crippen LogP) is 2.68. The van der Waals surface area contributed by atoms with Gasteiger partial charge in [0.15, 0.2) is 0 Å². The summed E-state index contributed by atoms with van der Waals surface area (Å²) in [5.41, 5.74) is 0.551. The fourth-order valence-electron chi connectivity index (χ4n) is 1.61. The van der Waals surface area contributed by atoms with Crippen LogP contribution in [0.5, 0.6) is 0 Å². The Hall–Kier alpha value is -1.07. The monoisotopic (exact) mass is 192 g/mol. The molecule has 13 heavy (non-hydrogen) atoms. The average molecular weight is 193 g/mol. The van der Waals surface area contributed by atoms with Crippen LogP contribution in [0.2, 0.25) is 5.02 Å². The molecule has 0 amide bonds. The maximum Gasteiger partial charge on any atom is 0.0993 e. The van der Waals surface area contributed by atoms with Gasteiger partial charge in [-0.25, -0.2) is 0 Å². The molecule has 2 nitrogen and oxygen atoms in total. The molecule has 0 unspecified atom stereocenters. The molecule has 0 aromatic carbocycles. The highest BCUT2D eigenvalue weighted by Crippen LogP contribution is 2.42. The second-order valence-corrected chi connectivity index (χ2v) is 3.85. The third-order valence-corrected chi connectivity index (χ3v) is 2.86. The van der Waals surface area contributed by atoms with Crippen LogP contribution in [0.3, 0.4) is 0 Å². The fourth-order valence-corrected chi connectivity index (χ4v) is 1.73. The molecule has 0 bridgehead atoms. The molecule has 66 valence electrons. The summed E-state index contributed by atoms with van der Waals surface area (Å²) in [6.07, 6.45) is 4.59. The lowest BCUT2D eigenvalue weighted by molar-refractivity contribution is 0.316. The maximum absolute atomic E-state index is 9.04. The van der Waals surface area contributed by atoms with Crippen molar-refractivity contribution in [1.29, 1.82) is 5.26 Å². The zero-order valence-electron chi connectivity index (χ0n) is 7.13. The van der Waals surface area contributed by atoms with E-state index in [1.807, 2.05) is 6.07 Å². The van der Waals surface area contributed by atoms with Crippen LogP contribution in [0.25, 0.3) is 0 Å². The molecule has 3 heteroatoms. The van der Waals surface area contributed by atoms with Gasteiger partial charge in [-0.1, -0.05) is 11.6 Å². The number of hydrogen-bond donors (Lipinski definition) is 0. The molecular formula is C10H9ClN2. The first-order valence-corrected chi connectivity index (χ1v) is 4.68. The lowest BCUT2D eigenvalue weighted by atomic mass is 9.67. The Bertz CT molecular complexity index is 346. The Labute approximate surface area is 82.2 Å². The van der Waals surface area contributed by atoms with Gasteiger partial charge in [-0.2, -0.15) is 5.26 Å². The Kier molecular flexibility index (Phi) is 1.97. The third-order valence-electron chi connectivity index (χ3n) is 2.64. The smallest absolute Gasteiger partial charge is 0.0993 e. The van der Waals surface area contributed by atoms with Crippen molar-refractivity contribution in [3.63, 3.8) is 0 Å². The van der Waals surface area contributed by atoms with Crippen molar-refractivity contribution in [2.45, 2.75) is 24.7 Å². The summed E-state index contributed by atoms with van der Waals surface area (Å²) < 4.78 is 0. The van der Waals surface area contributed by atoms with Gasteiger partial charge in [-0.3, -0.25) is 4.98 Å². The number of nitriles is 1. The van der Waals surface area contributed by atoms with Gasteiger partial charge in [0.05, 0.1) is 22.2 Å². The summed E-state index contributed by atoms with van der Waals surface area (Å²) in [4.78, 5) is 4.19. The van der Waals surface area contributed by atoms with Gasteiger partial charge >= 0.3 is 0 Å². The molecule has 0 atom stereocenters. The van der Waals surface area contributed by atoms with Crippen LogP contribution >= 0.6 is 11.6 Å². The summed E-state index contributed by atoms with van der Waals surface area (Å²) in [7, 11) is 0. The van der Waals surface area contributed by atoms with Crippen molar-refractivity contribution in [1.82, 2.24) is 4.98 Å². The minimum atomic E-state index is -0.315. The highest BCUT2D eigenvalue weighted by Gasteiger charge is 2.40. The Morgan fingerprint density at radius 1 is 1.46 bits per heavy atom. The van der Waals surface area contributed by atoms with Crippen LogP contribution in [-0.2, 0) is 5.41 Å². The fraction of sp³-hybridized carbons (Fsp3) is 0.400. The molecule has 1 saturated carbocycles. The molecule has 0 spiro atoms. The second-order valence-electron chi connectivity index (χ2n) is 3.41. The summed E-state index contributed by atoms with van der Waals surface area (Å²) in [5, 5.41) is 9.66. The summed E-state index contributed by atoms with van der Waals surface area (Å²) in [6.45, 7) is 0. The zero-order valence-corrected chi connectivity index (χ0v) is 7.88. The molecule has 2 rings (SSSR count). The van der Waals surface area contributed by atoms with E-state index < -0.39 is 0 Å². The molecule has 1 aliphatic carbocycles. The quantitative estimate of drug-likeness (QED) is 0.686. The Morgan fingerprint density at radius 2 is 2.23 bits per heavy atom. The van der Waals surface area contributed by atoms with Crippen LogP contribution in [-0.4, -0.2) is 4.98 Å². The molecule has 1 aliphatic rings. The maximum atomic E-state index is 9.04. The van der Waals surface area contributed by atoms with E-state index in [4.69, 9.17) is 16.9 Å². The van der Waals surface area contributed by atoms with Crippen LogP contribution < -0.4 is 0 Å². The Balaban J connectivity index is 2.35. The van der Waals surface area contributed by atoms with E-state index in [0.717, 1.165) is 25.0 Å². The molecule has 1 aromatic heterocycles. The number of rotatable bonds is 1. The number of hydrogen-bond acceptors (Lipinski definition) is 2. The van der Waals surface area contributed by atoms with E-state index in [0.29, 0.717) is 5.02 Å². The van der Waals surface area contributed by atoms with Crippen molar-refractivity contribution in [2.24, 2.45) is 0 Å². The lowest BCUT2D eigenvalue weighted by Gasteiger charge is -2.34. The summed E-state index contributed by atoms with van der Waals surface area (Å²) in [6, 6.07) is 5.99. The minimum absolute atomic E-state index is 0.315. The number of pyridine rings is 1. The number of nitrogens with zero attached hydrogens (tertiary/aromatic N) is 2. The van der Waals surface area contributed by atoms with Gasteiger partial charge < -0.3 is 0 Å². The van der Waals surface area contributed by atoms with E-state index in [-0.39, 0.29) is 5.41 Å². The minimum Gasteiger partial charge on any atom is -0.258 e. The molecule has 1 fully saturated rings. The highest BCUT2D eigenvalue weighted by molar-refractivity contribution is 6.30. The topological polar surface area (TPSA) is 36.7 Å². The van der Waals surface area contributed by atoms with Crippen LogP contribution in [0, 0.1) is 11.3 Å². The third kappa shape index (κ3) is 1.30. The first kappa shape index (κ1) is 8.52. The predicted molar refractivity (Wildman–Crippen MR) is 50.4 cm³/mol. The van der Waals surface area contributed by atoms with Gasteiger partial charge in [0, 0.05) is 6.20 Å². The molecule has 1 heterocycles. The molecule has 1 aromatic rings. The SMILES string of the molecule is N#CC1(c2ccc(Cl)cn2)CCC1. The van der Waals surface area contributed by atoms with E-state index >= 15 is 0 Å². The number of aromatic nitrogens is 1. The largest absolute Gasteiger partial charge is 0.258 e. The van der Waals surface area contributed by atoms with Crippen molar-refractivity contribution < 1.29 is 0 Å². The highest BCUT2D eigenvalue weighted by atomic mass is 35.5. The van der Waals surface area contributed by atoms with Gasteiger partial charge in [0.25, 0.3) is 0 Å². The van der Waals surface area contributed by atoms with E-state index in [9.17, 15) is 0 Å². The Morgan fingerprint density at radius 3 is 2.62 bits per heavy atom. The molecule has 0 N–H and O–H groups in total. The first-order chi connectivity index (χ1) is 6.27. The summed E-state index contributed by atoms with van der Waals surface area (Å²) in [5.74, 6) is 0. The van der Waals surface area contributed by atoms with Crippen LogP contribution in [0.1, 0.15) is 25.0 Å².